The maximum Gasteiger partial charge on any atom is 0.240 e. The molecule has 0 radical (unpaired) electrons. The molecule has 7 heteroatoms. The normalized spacial score (nSPS) is 17.3. The lowest BCUT2D eigenvalue weighted by Gasteiger charge is -2.38. The number of amides is 1. The summed E-state index contributed by atoms with van der Waals surface area (Å²) in [4.78, 5) is 11.1. The molecule has 0 saturated heterocycles. The van der Waals surface area contributed by atoms with Gasteiger partial charge < -0.3 is 11.1 Å². The van der Waals surface area contributed by atoms with E-state index in [1.807, 2.05) is 0 Å². The summed E-state index contributed by atoms with van der Waals surface area (Å²) in [7, 11) is -3.56. The summed E-state index contributed by atoms with van der Waals surface area (Å²) in [5.74, 6) is -0.200. The van der Waals surface area contributed by atoms with Crippen molar-refractivity contribution >= 4 is 21.6 Å². The molecule has 1 aromatic rings. The minimum atomic E-state index is -3.56. The Morgan fingerprint density at radius 1 is 1.30 bits per heavy atom. The van der Waals surface area contributed by atoms with Crippen LogP contribution in [0.5, 0.6) is 0 Å². The van der Waals surface area contributed by atoms with Gasteiger partial charge in [0.25, 0.3) is 0 Å². The Balaban J connectivity index is 2.03. The summed E-state index contributed by atoms with van der Waals surface area (Å²) in [5, 5.41) is 2.58. The van der Waals surface area contributed by atoms with Gasteiger partial charge in [-0.1, -0.05) is 0 Å². The molecule has 0 spiro atoms. The fourth-order valence-corrected chi connectivity index (χ4v) is 3.19. The second kappa shape index (κ2) is 5.51. The van der Waals surface area contributed by atoms with Crippen LogP contribution >= 0.6 is 0 Å². The van der Waals surface area contributed by atoms with E-state index < -0.39 is 15.6 Å². The lowest BCUT2D eigenvalue weighted by atomic mass is 9.78. The Hall–Kier alpha value is -1.44. The SMILES string of the molecule is CC(=O)Nc1ccc(S(=O)(=O)NCC2(N)CCC2)cc1. The van der Waals surface area contributed by atoms with Crippen LogP contribution in [0.1, 0.15) is 26.2 Å². The Labute approximate surface area is 118 Å². The van der Waals surface area contributed by atoms with Crippen LogP contribution in [-0.4, -0.2) is 26.4 Å². The van der Waals surface area contributed by atoms with Gasteiger partial charge in [0.15, 0.2) is 0 Å². The number of carbonyl (C=O) groups is 1. The molecule has 6 nitrogen and oxygen atoms in total. The van der Waals surface area contributed by atoms with Gasteiger partial charge >= 0.3 is 0 Å². The number of benzene rings is 1. The second-order valence-corrected chi connectivity index (χ2v) is 7.01. The highest BCUT2D eigenvalue weighted by molar-refractivity contribution is 7.89. The first-order valence-corrected chi connectivity index (χ1v) is 7.95. The summed E-state index contributed by atoms with van der Waals surface area (Å²) < 4.78 is 26.7. The van der Waals surface area contributed by atoms with Crippen LogP contribution in [0.2, 0.25) is 0 Å². The molecule has 0 aromatic heterocycles. The monoisotopic (exact) mass is 297 g/mol. The van der Waals surface area contributed by atoms with Gasteiger partial charge in [0.1, 0.15) is 0 Å². The number of rotatable bonds is 5. The molecule has 0 atom stereocenters. The average molecular weight is 297 g/mol. The third-order valence-corrected chi connectivity index (χ3v) is 4.87. The molecule has 1 amide bonds. The van der Waals surface area contributed by atoms with E-state index in [0.717, 1.165) is 19.3 Å². The molecule has 4 N–H and O–H groups in total. The van der Waals surface area contributed by atoms with E-state index in [2.05, 4.69) is 10.0 Å². The van der Waals surface area contributed by atoms with Crippen molar-refractivity contribution in [3.8, 4) is 0 Å². The predicted octanol–water partition coefficient (Wildman–Crippen LogP) is 0.805. The first-order valence-electron chi connectivity index (χ1n) is 6.47. The Kier molecular flexibility index (Phi) is 4.12. The van der Waals surface area contributed by atoms with Gasteiger partial charge in [-0.15, -0.1) is 0 Å². The molecule has 2 rings (SSSR count). The smallest absolute Gasteiger partial charge is 0.240 e. The largest absolute Gasteiger partial charge is 0.326 e. The van der Waals surface area contributed by atoms with Gasteiger partial charge in [0.2, 0.25) is 15.9 Å². The molecule has 1 aromatic carbocycles. The van der Waals surface area contributed by atoms with Crippen molar-refractivity contribution in [1.29, 1.82) is 0 Å². The van der Waals surface area contributed by atoms with Crippen molar-refractivity contribution in [2.45, 2.75) is 36.6 Å². The molecule has 1 aliphatic carbocycles. The van der Waals surface area contributed by atoms with Gasteiger partial charge in [-0.05, 0) is 43.5 Å². The number of hydrogen-bond donors (Lipinski definition) is 3. The second-order valence-electron chi connectivity index (χ2n) is 5.25. The molecule has 0 bridgehead atoms. The van der Waals surface area contributed by atoms with Gasteiger partial charge in [-0.2, -0.15) is 0 Å². The number of hydrogen-bond acceptors (Lipinski definition) is 4. The van der Waals surface area contributed by atoms with Crippen LogP contribution in [0, 0.1) is 0 Å². The van der Waals surface area contributed by atoms with Gasteiger partial charge in [-0.25, -0.2) is 13.1 Å². The number of anilines is 1. The quantitative estimate of drug-likeness (QED) is 0.748. The van der Waals surface area contributed by atoms with Crippen molar-refractivity contribution in [3.63, 3.8) is 0 Å². The van der Waals surface area contributed by atoms with E-state index in [-0.39, 0.29) is 17.3 Å². The van der Waals surface area contributed by atoms with Crippen LogP contribution < -0.4 is 15.8 Å². The molecule has 0 aliphatic heterocycles. The highest BCUT2D eigenvalue weighted by atomic mass is 32.2. The molecule has 1 saturated carbocycles. The summed E-state index contributed by atoms with van der Waals surface area (Å²) >= 11 is 0. The average Bonchev–Trinajstić information content (AvgIpc) is 2.34. The molecule has 0 heterocycles. The Bertz CT molecular complexity index is 592. The van der Waals surface area contributed by atoms with Crippen molar-refractivity contribution < 1.29 is 13.2 Å². The zero-order valence-electron chi connectivity index (χ0n) is 11.3. The van der Waals surface area contributed by atoms with E-state index in [9.17, 15) is 13.2 Å². The maximum absolute atomic E-state index is 12.1. The fraction of sp³-hybridized carbons (Fsp3) is 0.462. The minimum absolute atomic E-state index is 0.162. The van der Waals surface area contributed by atoms with Crippen molar-refractivity contribution in [3.05, 3.63) is 24.3 Å². The molecule has 1 aliphatic rings. The highest BCUT2D eigenvalue weighted by Gasteiger charge is 2.33. The van der Waals surface area contributed by atoms with E-state index >= 15 is 0 Å². The van der Waals surface area contributed by atoms with Crippen molar-refractivity contribution in [2.75, 3.05) is 11.9 Å². The molecule has 110 valence electrons. The molecule has 0 unspecified atom stereocenters. The lowest BCUT2D eigenvalue weighted by Crippen LogP contribution is -2.54. The van der Waals surface area contributed by atoms with Crippen LogP contribution in [0.4, 0.5) is 5.69 Å². The van der Waals surface area contributed by atoms with Crippen LogP contribution in [0.3, 0.4) is 0 Å². The molecular formula is C13H19N3O3S. The van der Waals surface area contributed by atoms with Crippen molar-refractivity contribution in [2.24, 2.45) is 5.73 Å². The molecule has 1 fully saturated rings. The summed E-state index contributed by atoms with van der Waals surface area (Å²) in [5.41, 5.74) is 6.15. The summed E-state index contributed by atoms with van der Waals surface area (Å²) in [6.07, 6.45) is 2.73. The van der Waals surface area contributed by atoms with Gasteiger partial charge in [0, 0.05) is 24.7 Å². The number of nitrogens with two attached hydrogens (primary N) is 1. The van der Waals surface area contributed by atoms with Crippen LogP contribution in [0.15, 0.2) is 29.2 Å². The topological polar surface area (TPSA) is 101 Å². The third kappa shape index (κ3) is 3.56. The molecular weight excluding hydrogens is 278 g/mol. The van der Waals surface area contributed by atoms with E-state index in [4.69, 9.17) is 5.73 Å². The fourth-order valence-electron chi connectivity index (χ4n) is 2.05. The standard InChI is InChI=1S/C13H19N3O3S/c1-10(17)16-11-3-5-12(6-4-11)20(18,19)15-9-13(14)7-2-8-13/h3-6,15H,2,7-9,14H2,1H3,(H,16,17). The predicted molar refractivity (Wildman–Crippen MR) is 76.7 cm³/mol. The zero-order valence-corrected chi connectivity index (χ0v) is 12.2. The Morgan fingerprint density at radius 3 is 2.35 bits per heavy atom. The number of nitrogens with one attached hydrogen (secondary N) is 2. The Morgan fingerprint density at radius 2 is 1.90 bits per heavy atom. The van der Waals surface area contributed by atoms with Crippen molar-refractivity contribution in [1.82, 2.24) is 4.72 Å². The minimum Gasteiger partial charge on any atom is -0.326 e. The number of carbonyl (C=O) groups excluding carboxylic acids is 1. The first-order chi connectivity index (χ1) is 9.31. The van der Waals surface area contributed by atoms with Gasteiger partial charge in [-0.3, -0.25) is 4.79 Å². The first kappa shape index (κ1) is 15.0. The number of sulfonamides is 1. The maximum atomic E-state index is 12.1. The molecule has 20 heavy (non-hydrogen) atoms. The van der Waals surface area contributed by atoms with Gasteiger partial charge in [0.05, 0.1) is 4.90 Å². The van der Waals surface area contributed by atoms with E-state index in [1.165, 1.54) is 19.1 Å². The van der Waals surface area contributed by atoms with Crippen LogP contribution in [-0.2, 0) is 14.8 Å². The highest BCUT2D eigenvalue weighted by Crippen LogP contribution is 2.28. The lowest BCUT2D eigenvalue weighted by molar-refractivity contribution is -0.114. The summed E-state index contributed by atoms with van der Waals surface area (Å²) in [6, 6.07) is 6.02. The van der Waals surface area contributed by atoms with E-state index in [1.54, 1.807) is 12.1 Å². The van der Waals surface area contributed by atoms with Crippen LogP contribution in [0.25, 0.3) is 0 Å². The van der Waals surface area contributed by atoms with E-state index in [0.29, 0.717) is 5.69 Å². The summed E-state index contributed by atoms with van der Waals surface area (Å²) in [6.45, 7) is 1.65. The third-order valence-electron chi connectivity index (χ3n) is 3.45. The zero-order chi connectivity index (χ0) is 14.8.